The molecule has 1 aliphatic rings. The summed E-state index contributed by atoms with van der Waals surface area (Å²) in [5.74, 6) is -1.51. The SMILES string of the molecule is CCNC(=O)Nc1cc(-c2nc(C(F)(F)F)cs2)c(-c2ccc3c(c2)c(=O)c(C(=O)O)cn3C2CN(C(=O)OC(C)(C)C)CC2O)cn1. The highest BCUT2D eigenvalue weighted by Crippen LogP contribution is 2.39. The molecule has 1 saturated heterocycles. The lowest BCUT2D eigenvalue weighted by molar-refractivity contribution is -0.140. The molecule has 0 bridgehead atoms. The third-order valence-corrected chi connectivity index (χ3v) is 8.23. The number of carbonyl (C=O) groups excluding carboxylic acids is 2. The average molecular weight is 689 g/mol. The minimum atomic E-state index is -4.71. The highest BCUT2D eigenvalue weighted by atomic mass is 32.1. The molecule has 2 unspecified atom stereocenters. The highest BCUT2D eigenvalue weighted by molar-refractivity contribution is 7.13. The maximum absolute atomic E-state index is 13.5. The summed E-state index contributed by atoms with van der Waals surface area (Å²) in [6.07, 6.45) is -4.11. The summed E-state index contributed by atoms with van der Waals surface area (Å²) in [5, 5.41) is 26.6. The van der Waals surface area contributed by atoms with Crippen LogP contribution in [0.1, 0.15) is 49.8 Å². The summed E-state index contributed by atoms with van der Waals surface area (Å²) >= 11 is 0.714. The number of urea groups is 1. The number of fused-ring (bicyclic) bond motifs is 1. The van der Waals surface area contributed by atoms with Gasteiger partial charge in [0, 0.05) is 47.4 Å². The van der Waals surface area contributed by atoms with Crippen molar-refractivity contribution in [1.29, 1.82) is 0 Å². The molecule has 0 spiro atoms. The van der Waals surface area contributed by atoms with E-state index in [0.29, 0.717) is 17.9 Å². The predicted octanol–water partition coefficient (Wildman–Crippen LogP) is 5.20. The standard InChI is InChI=1S/C31H31F3N6O7S/c1-5-35-28(45)38-24-9-16(26-37-23(14-48-26)31(32,33)34)18(10-36-24)15-6-7-20-17(8-15)25(42)19(27(43)44)11-40(20)21-12-39(13-22(21)41)29(46)47-30(2,3)4/h6-11,14,21-22,41H,5,12-13H2,1-4H3,(H,43,44)(H2,35,36,38,45). The predicted molar refractivity (Wildman–Crippen MR) is 170 cm³/mol. The van der Waals surface area contributed by atoms with Gasteiger partial charge in [0.15, 0.2) is 5.69 Å². The number of nitrogens with zero attached hydrogens (tertiary/aromatic N) is 4. The first-order valence-electron chi connectivity index (χ1n) is 14.6. The number of benzene rings is 1. The Morgan fingerprint density at radius 3 is 2.48 bits per heavy atom. The molecule has 17 heteroatoms. The molecule has 3 aromatic heterocycles. The number of likely N-dealkylation sites (tertiary alicyclic amines) is 1. The fourth-order valence-corrected chi connectivity index (χ4v) is 6.10. The summed E-state index contributed by atoms with van der Waals surface area (Å²) < 4.78 is 47.2. The number of amides is 3. The zero-order valence-electron chi connectivity index (χ0n) is 26.1. The summed E-state index contributed by atoms with van der Waals surface area (Å²) in [4.78, 5) is 59.8. The zero-order chi connectivity index (χ0) is 35.1. The van der Waals surface area contributed by atoms with Crippen molar-refractivity contribution in [3.63, 3.8) is 0 Å². The lowest BCUT2D eigenvalue weighted by atomic mass is 9.99. The number of β-amino-alcohol motifs (C(OH)–C–C–N with tert-alkyl or cyclic N) is 1. The summed E-state index contributed by atoms with van der Waals surface area (Å²) in [5.41, 5.74) is -2.44. The van der Waals surface area contributed by atoms with Crippen LogP contribution < -0.4 is 16.1 Å². The van der Waals surface area contributed by atoms with Crippen LogP contribution in [0, 0.1) is 0 Å². The smallest absolute Gasteiger partial charge is 0.434 e. The van der Waals surface area contributed by atoms with Crippen molar-refractivity contribution in [2.75, 3.05) is 25.0 Å². The van der Waals surface area contributed by atoms with Crippen LogP contribution in [0.4, 0.5) is 28.6 Å². The van der Waals surface area contributed by atoms with E-state index >= 15 is 0 Å². The number of hydrogen-bond acceptors (Lipinski definition) is 9. The zero-order valence-corrected chi connectivity index (χ0v) is 26.9. The normalized spacial score (nSPS) is 16.6. The Kier molecular flexibility index (Phi) is 9.20. The van der Waals surface area contributed by atoms with Gasteiger partial charge in [0.05, 0.1) is 24.2 Å². The lowest BCUT2D eigenvalue weighted by Gasteiger charge is -2.25. The summed E-state index contributed by atoms with van der Waals surface area (Å²) in [6.45, 7) is 6.93. The number of rotatable bonds is 6. The Morgan fingerprint density at radius 1 is 1.12 bits per heavy atom. The molecule has 3 amide bonds. The van der Waals surface area contributed by atoms with E-state index in [1.807, 2.05) is 0 Å². The molecule has 48 heavy (non-hydrogen) atoms. The molecule has 4 aromatic rings. The van der Waals surface area contributed by atoms with Crippen molar-refractivity contribution in [3.8, 4) is 21.7 Å². The molecule has 0 saturated carbocycles. The number of anilines is 1. The highest BCUT2D eigenvalue weighted by Gasteiger charge is 2.38. The van der Waals surface area contributed by atoms with Crippen LogP contribution in [-0.4, -0.2) is 79.1 Å². The number of thiazole rings is 1. The van der Waals surface area contributed by atoms with Gasteiger partial charge in [-0.1, -0.05) is 6.07 Å². The minimum absolute atomic E-state index is 0.0181. The number of aliphatic hydroxyl groups is 1. The Bertz CT molecular complexity index is 1970. The molecule has 0 radical (unpaired) electrons. The number of pyridine rings is 2. The van der Waals surface area contributed by atoms with Crippen LogP contribution in [0.15, 0.2) is 46.8 Å². The number of carboxylic acid groups (broad SMARTS) is 1. The minimum Gasteiger partial charge on any atom is -0.477 e. The van der Waals surface area contributed by atoms with Gasteiger partial charge < -0.3 is 29.7 Å². The van der Waals surface area contributed by atoms with Crippen LogP contribution in [-0.2, 0) is 10.9 Å². The molecule has 254 valence electrons. The molecular weight excluding hydrogens is 657 g/mol. The van der Waals surface area contributed by atoms with Gasteiger partial charge in [-0.05, 0) is 51.5 Å². The third-order valence-electron chi connectivity index (χ3n) is 7.35. The van der Waals surface area contributed by atoms with Gasteiger partial charge >= 0.3 is 24.3 Å². The topological polar surface area (TPSA) is 176 Å². The second-order valence-electron chi connectivity index (χ2n) is 12.0. The molecule has 1 aromatic carbocycles. The molecule has 2 atom stereocenters. The van der Waals surface area contributed by atoms with Gasteiger partial charge in [0.25, 0.3) is 0 Å². The van der Waals surface area contributed by atoms with E-state index in [4.69, 9.17) is 4.74 Å². The summed E-state index contributed by atoms with van der Waals surface area (Å²) in [6, 6.07) is 4.35. The van der Waals surface area contributed by atoms with E-state index in [1.54, 1.807) is 33.8 Å². The molecule has 4 heterocycles. The average Bonchev–Trinajstić information content (AvgIpc) is 3.64. The molecule has 0 aliphatic carbocycles. The molecule has 13 nitrogen and oxygen atoms in total. The Balaban J connectivity index is 1.64. The number of hydrogen-bond donors (Lipinski definition) is 4. The fourth-order valence-electron chi connectivity index (χ4n) is 5.25. The number of aromatic nitrogens is 3. The maximum atomic E-state index is 13.5. The number of ether oxygens (including phenoxy) is 1. The summed E-state index contributed by atoms with van der Waals surface area (Å²) in [7, 11) is 0. The molecule has 1 aliphatic heterocycles. The van der Waals surface area contributed by atoms with Crippen LogP contribution >= 0.6 is 11.3 Å². The number of aromatic carboxylic acids is 1. The van der Waals surface area contributed by atoms with Crippen molar-refractivity contribution in [2.24, 2.45) is 0 Å². The van der Waals surface area contributed by atoms with Gasteiger partial charge in [-0.3, -0.25) is 10.1 Å². The number of nitrogens with one attached hydrogen (secondary N) is 2. The monoisotopic (exact) mass is 688 g/mol. The van der Waals surface area contributed by atoms with Gasteiger partial charge in [0.1, 0.15) is 22.0 Å². The second-order valence-corrected chi connectivity index (χ2v) is 12.8. The maximum Gasteiger partial charge on any atom is 0.434 e. The van der Waals surface area contributed by atoms with Crippen LogP contribution in [0.5, 0.6) is 0 Å². The van der Waals surface area contributed by atoms with E-state index in [9.17, 15) is 42.6 Å². The first-order chi connectivity index (χ1) is 22.5. The Morgan fingerprint density at radius 2 is 1.85 bits per heavy atom. The van der Waals surface area contributed by atoms with Crippen molar-refractivity contribution < 1.29 is 42.5 Å². The van der Waals surface area contributed by atoms with Crippen molar-refractivity contribution in [2.45, 2.75) is 51.6 Å². The Hall–Kier alpha value is -5.03. The number of carboxylic acids is 1. The number of alkyl halides is 3. The fraction of sp³-hybridized carbons (Fsp3) is 0.355. The van der Waals surface area contributed by atoms with Gasteiger partial charge in [-0.15, -0.1) is 11.3 Å². The van der Waals surface area contributed by atoms with Crippen LogP contribution in [0.3, 0.4) is 0 Å². The van der Waals surface area contributed by atoms with E-state index in [0.717, 1.165) is 11.6 Å². The van der Waals surface area contributed by atoms with Gasteiger partial charge in [-0.2, -0.15) is 13.2 Å². The third kappa shape index (κ3) is 7.11. The van der Waals surface area contributed by atoms with E-state index in [-0.39, 0.29) is 51.5 Å². The quantitative estimate of drug-likeness (QED) is 0.212. The van der Waals surface area contributed by atoms with Crippen molar-refractivity contribution >= 4 is 46.2 Å². The second kappa shape index (κ2) is 12.9. The molecular formula is C31H31F3N6O7S. The van der Waals surface area contributed by atoms with E-state index in [1.165, 1.54) is 33.9 Å². The molecule has 1 fully saturated rings. The number of aliphatic hydroxyl groups excluding tert-OH is 1. The van der Waals surface area contributed by atoms with Crippen LogP contribution in [0.25, 0.3) is 32.6 Å². The molecule has 4 N–H and O–H groups in total. The Labute approximate surface area is 275 Å². The first kappa shape index (κ1) is 34.3. The molecule has 5 rings (SSSR count). The van der Waals surface area contributed by atoms with Crippen molar-refractivity contribution in [3.05, 3.63) is 63.5 Å². The lowest BCUT2D eigenvalue weighted by Crippen LogP contribution is -2.36. The van der Waals surface area contributed by atoms with E-state index in [2.05, 4.69) is 20.6 Å². The largest absolute Gasteiger partial charge is 0.477 e. The van der Waals surface area contributed by atoms with Crippen molar-refractivity contribution in [1.82, 2.24) is 24.8 Å². The van der Waals surface area contributed by atoms with Crippen LogP contribution in [0.2, 0.25) is 0 Å². The van der Waals surface area contributed by atoms with Gasteiger partial charge in [-0.25, -0.2) is 24.4 Å². The number of carbonyl (C=O) groups is 3. The van der Waals surface area contributed by atoms with E-state index < -0.39 is 58.7 Å². The number of halogens is 3. The first-order valence-corrected chi connectivity index (χ1v) is 15.5. The van der Waals surface area contributed by atoms with Gasteiger partial charge in [0.2, 0.25) is 5.43 Å².